The minimum atomic E-state index is -1.33. The Morgan fingerprint density at radius 3 is 2.74 bits per heavy atom. The van der Waals surface area contributed by atoms with Crippen molar-refractivity contribution in [2.75, 3.05) is 5.75 Å². The van der Waals surface area contributed by atoms with Crippen LogP contribution in [-0.2, 0) is 7.05 Å². The Balaban J connectivity index is 1.76. The lowest BCUT2D eigenvalue weighted by molar-refractivity contribution is -0.0790. The van der Waals surface area contributed by atoms with E-state index in [0.717, 1.165) is 11.8 Å². The molecule has 0 spiro atoms. The largest absolute Gasteiger partial charge is 0.472 e. The van der Waals surface area contributed by atoms with Crippen LogP contribution in [-0.4, -0.2) is 59.6 Å². The molecule has 0 unspecified atom stereocenters. The molecule has 3 N–H and O–H groups in total. The number of aromatic nitrogens is 3. The number of hydrogen-bond acceptors (Lipinski definition) is 7. The SMILES string of the molecule is Cn1cc(-c2ccc(O[C@H]3SC[C@@H](O)[C@H](O)[C@H]3O)c(F)n2)cn1. The van der Waals surface area contributed by atoms with Gasteiger partial charge in [0, 0.05) is 24.6 Å². The maximum atomic E-state index is 14.1. The van der Waals surface area contributed by atoms with Crippen LogP contribution in [0.15, 0.2) is 24.5 Å². The molecule has 0 radical (unpaired) electrons. The molecule has 124 valence electrons. The van der Waals surface area contributed by atoms with Gasteiger partial charge in [0.2, 0.25) is 0 Å². The molecule has 3 heterocycles. The van der Waals surface area contributed by atoms with Crippen molar-refractivity contribution in [3.8, 4) is 17.0 Å². The van der Waals surface area contributed by atoms with E-state index in [-0.39, 0.29) is 11.5 Å². The summed E-state index contributed by atoms with van der Waals surface area (Å²) < 4.78 is 21.1. The quantitative estimate of drug-likeness (QED) is 0.684. The molecule has 4 atom stereocenters. The molecule has 0 aliphatic carbocycles. The molecule has 9 heteroatoms. The molecule has 7 nitrogen and oxygen atoms in total. The van der Waals surface area contributed by atoms with Gasteiger partial charge in [-0.15, -0.1) is 11.8 Å². The first-order valence-corrected chi connectivity index (χ1v) is 7.98. The second-order valence-corrected chi connectivity index (χ2v) is 6.39. The van der Waals surface area contributed by atoms with E-state index in [4.69, 9.17) is 4.74 Å². The van der Waals surface area contributed by atoms with Crippen LogP contribution in [0.25, 0.3) is 11.3 Å². The second kappa shape index (κ2) is 6.44. The zero-order valence-electron chi connectivity index (χ0n) is 12.2. The Kier molecular flexibility index (Phi) is 4.53. The molecule has 0 amide bonds. The maximum absolute atomic E-state index is 14.1. The van der Waals surface area contributed by atoms with Crippen molar-refractivity contribution in [2.24, 2.45) is 7.05 Å². The van der Waals surface area contributed by atoms with E-state index in [1.54, 1.807) is 30.2 Å². The number of nitrogens with zero attached hydrogens (tertiary/aromatic N) is 3. The van der Waals surface area contributed by atoms with Gasteiger partial charge in [0.15, 0.2) is 11.2 Å². The fourth-order valence-electron chi connectivity index (χ4n) is 2.23. The summed E-state index contributed by atoms with van der Waals surface area (Å²) in [6.45, 7) is 0. The molecule has 1 fully saturated rings. The van der Waals surface area contributed by atoms with Crippen LogP contribution in [0.5, 0.6) is 5.75 Å². The molecule has 1 aliphatic heterocycles. The molecule has 0 saturated carbocycles. The van der Waals surface area contributed by atoms with E-state index in [1.807, 2.05) is 0 Å². The first kappa shape index (κ1) is 16.2. The van der Waals surface area contributed by atoms with Crippen LogP contribution in [0.1, 0.15) is 0 Å². The lowest BCUT2D eigenvalue weighted by Crippen LogP contribution is -2.50. The van der Waals surface area contributed by atoms with Crippen molar-refractivity contribution >= 4 is 11.8 Å². The average Bonchev–Trinajstić information content (AvgIpc) is 2.96. The highest BCUT2D eigenvalue weighted by Gasteiger charge is 2.39. The monoisotopic (exact) mass is 341 g/mol. The maximum Gasteiger partial charge on any atom is 0.255 e. The summed E-state index contributed by atoms with van der Waals surface area (Å²) in [5, 5.41) is 33.0. The van der Waals surface area contributed by atoms with Gasteiger partial charge in [-0.25, -0.2) is 4.98 Å². The number of ether oxygens (including phenoxy) is 1. The molecule has 0 bridgehead atoms. The summed E-state index contributed by atoms with van der Waals surface area (Å²) >= 11 is 1.10. The van der Waals surface area contributed by atoms with Crippen molar-refractivity contribution in [1.29, 1.82) is 0 Å². The lowest BCUT2D eigenvalue weighted by atomic mass is 10.1. The number of hydrogen-bond donors (Lipinski definition) is 3. The first-order chi connectivity index (χ1) is 11.0. The zero-order chi connectivity index (χ0) is 16.6. The third kappa shape index (κ3) is 3.32. The number of aliphatic hydroxyl groups excluding tert-OH is 3. The van der Waals surface area contributed by atoms with Gasteiger partial charge in [0.05, 0.1) is 18.0 Å². The fraction of sp³-hybridized carbons (Fsp3) is 0.429. The predicted molar refractivity (Wildman–Crippen MR) is 81.3 cm³/mol. The number of aliphatic hydroxyl groups is 3. The van der Waals surface area contributed by atoms with E-state index in [1.165, 1.54) is 6.07 Å². The van der Waals surface area contributed by atoms with Gasteiger partial charge in [-0.2, -0.15) is 9.49 Å². The summed E-state index contributed by atoms with van der Waals surface area (Å²) in [6.07, 6.45) is -0.402. The van der Waals surface area contributed by atoms with Crippen LogP contribution < -0.4 is 4.74 Å². The summed E-state index contributed by atoms with van der Waals surface area (Å²) in [5.74, 6) is -0.760. The molecule has 0 aromatic carbocycles. The Morgan fingerprint density at radius 2 is 2.09 bits per heavy atom. The molecule has 23 heavy (non-hydrogen) atoms. The van der Waals surface area contributed by atoms with Gasteiger partial charge in [0.25, 0.3) is 5.95 Å². The highest BCUT2D eigenvalue weighted by atomic mass is 32.2. The molecule has 1 saturated heterocycles. The minimum Gasteiger partial charge on any atom is -0.472 e. The highest BCUT2D eigenvalue weighted by Crippen LogP contribution is 2.30. The second-order valence-electron chi connectivity index (χ2n) is 5.26. The van der Waals surface area contributed by atoms with Crippen LogP contribution >= 0.6 is 11.8 Å². The van der Waals surface area contributed by atoms with E-state index in [2.05, 4.69) is 10.1 Å². The van der Waals surface area contributed by atoms with E-state index in [9.17, 15) is 19.7 Å². The van der Waals surface area contributed by atoms with Crippen LogP contribution in [0.4, 0.5) is 4.39 Å². The lowest BCUT2D eigenvalue weighted by Gasteiger charge is -2.34. The normalized spacial score (nSPS) is 27.9. The van der Waals surface area contributed by atoms with Crippen LogP contribution in [0.3, 0.4) is 0 Å². The third-order valence-electron chi connectivity index (χ3n) is 3.51. The van der Waals surface area contributed by atoms with E-state index < -0.39 is 29.7 Å². The molecule has 3 rings (SSSR count). The Bertz CT molecular complexity index is 698. The molecular formula is C14H16FN3O4S. The van der Waals surface area contributed by atoms with Gasteiger partial charge in [0.1, 0.15) is 12.2 Å². The third-order valence-corrected chi connectivity index (χ3v) is 4.75. The van der Waals surface area contributed by atoms with Gasteiger partial charge >= 0.3 is 0 Å². The summed E-state index contributed by atoms with van der Waals surface area (Å²) in [6, 6.07) is 3.00. The van der Waals surface area contributed by atoms with E-state index >= 15 is 0 Å². The molecule has 1 aliphatic rings. The zero-order valence-corrected chi connectivity index (χ0v) is 13.0. The van der Waals surface area contributed by atoms with Crippen LogP contribution in [0, 0.1) is 5.95 Å². The van der Waals surface area contributed by atoms with Crippen molar-refractivity contribution in [3.63, 3.8) is 0 Å². The Labute approximate surface area is 135 Å². The molecule has 2 aromatic heterocycles. The predicted octanol–water partition coefficient (Wildman–Crippen LogP) is 0.156. The minimum absolute atomic E-state index is 0.127. The Hall–Kier alpha value is -1.68. The smallest absolute Gasteiger partial charge is 0.255 e. The standard InChI is InChI=1S/C14H16FN3O4S/c1-18-5-7(4-16-18)8-2-3-10(13(15)17-8)22-14-12(21)11(20)9(19)6-23-14/h2-5,9,11-12,14,19-21H,6H2,1H3/t9-,11+,12-,14+/m1/s1. The van der Waals surface area contributed by atoms with Gasteiger partial charge in [-0.1, -0.05) is 0 Å². The molecule has 2 aromatic rings. The first-order valence-electron chi connectivity index (χ1n) is 6.93. The van der Waals surface area contributed by atoms with Gasteiger partial charge < -0.3 is 20.1 Å². The molecular weight excluding hydrogens is 325 g/mol. The summed E-state index contributed by atoms with van der Waals surface area (Å²) in [5.41, 5.74) is 0.202. The average molecular weight is 341 g/mol. The number of rotatable bonds is 3. The van der Waals surface area contributed by atoms with Crippen molar-refractivity contribution in [3.05, 3.63) is 30.5 Å². The topological polar surface area (TPSA) is 101 Å². The summed E-state index contributed by atoms with van der Waals surface area (Å²) in [4.78, 5) is 3.83. The highest BCUT2D eigenvalue weighted by molar-refractivity contribution is 7.99. The van der Waals surface area contributed by atoms with Gasteiger partial charge in [-0.05, 0) is 12.1 Å². The van der Waals surface area contributed by atoms with Crippen molar-refractivity contribution in [2.45, 2.75) is 23.7 Å². The number of pyridine rings is 1. The number of halogens is 1. The van der Waals surface area contributed by atoms with Gasteiger partial charge in [-0.3, -0.25) is 4.68 Å². The van der Waals surface area contributed by atoms with Crippen LogP contribution in [0.2, 0.25) is 0 Å². The Morgan fingerprint density at radius 1 is 1.30 bits per heavy atom. The number of aryl methyl sites for hydroxylation is 1. The number of thioether (sulfide) groups is 1. The summed E-state index contributed by atoms with van der Waals surface area (Å²) in [7, 11) is 1.75. The van der Waals surface area contributed by atoms with Crippen molar-refractivity contribution < 1.29 is 24.4 Å². The fourth-order valence-corrected chi connectivity index (χ4v) is 3.35. The van der Waals surface area contributed by atoms with E-state index in [0.29, 0.717) is 11.3 Å². The van der Waals surface area contributed by atoms with Crippen molar-refractivity contribution in [1.82, 2.24) is 14.8 Å².